The Hall–Kier alpha value is -1.58. The first-order valence-corrected chi connectivity index (χ1v) is 6.42. The van der Waals surface area contributed by atoms with Gasteiger partial charge in [-0.3, -0.25) is 0 Å². The minimum atomic E-state index is -0.343. The number of esters is 2. The van der Waals surface area contributed by atoms with E-state index in [2.05, 4.69) is 0 Å². The molecule has 4 heteroatoms. The lowest BCUT2D eigenvalue weighted by molar-refractivity contribution is -0.138. The minimum Gasteiger partial charge on any atom is -0.463 e. The maximum Gasteiger partial charge on any atom is 0.331 e. The van der Waals surface area contributed by atoms with Crippen molar-refractivity contribution < 1.29 is 19.1 Å². The summed E-state index contributed by atoms with van der Waals surface area (Å²) in [4.78, 5) is 22.9. The fourth-order valence-corrected chi connectivity index (χ4v) is 1.93. The summed E-state index contributed by atoms with van der Waals surface area (Å²) < 4.78 is 9.77. The molecule has 0 aliphatic heterocycles. The van der Waals surface area contributed by atoms with E-state index in [9.17, 15) is 9.59 Å². The molecule has 1 rings (SSSR count). The average molecular weight is 252 g/mol. The van der Waals surface area contributed by atoms with Crippen molar-refractivity contribution in [2.45, 2.75) is 39.5 Å². The number of ether oxygens (including phenoxy) is 2. The molecule has 0 spiro atoms. The molecule has 0 N–H and O–H groups in total. The van der Waals surface area contributed by atoms with Crippen LogP contribution in [0.3, 0.4) is 0 Å². The van der Waals surface area contributed by atoms with Gasteiger partial charge >= 0.3 is 11.9 Å². The van der Waals surface area contributed by atoms with Gasteiger partial charge in [-0.25, -0.2) is 9.59 Å². The van der Waals surface area contributed by atoms with Crippen molar-refractivity contribution in [2.24, 2.45) is 0 Å². The van der Waals surface area contributed by atoms with Crippen LogP contribution < -0.4 is 0 Å². The van der Waals surface area contributed by atoms with Crippen LogP contribution >= 0.6 is 0 Å². The van der Waals surface area contributed by atoms with Crippen LogP contribution in [0, 0.1) is 0 Å². The molecule has 1 aliphatic carbocycles. The summed E-state index contributed by atoms with van der Waals surface area (Å²) in [6.07, 6.45) is 6.67. The molecule has 0 saturated heterocycles. The van der Waals surface area contributed by atoms with Gasteiger partial charge in [-0.05, 0) is 50.7 Å². The van der Waals surface area contributed by atoms with Gasteiger partial charge in [0.25, 0.3) is 0 Å². The van der Waals surface area contributed by atoms with Gasteiger partial charge in [-0.1, -0.05) is 0 Å². The predicted molar refractivity (Wildman–Crippen MR) is 67.9 cm³/mol. The largest absolute Gasteiger partial charge is 0.463 e. The second-order valence-electron chi connectivity index (χ2n) is 4.05. The molecule has 0 heterocycles. The van der Waals surface area contributed by atoms with Gasteiger partial charge in [0, 0.05) is 12.2 Å². The van der Waals surface area contributed by atoms with E-state index in [0.29, 0.717) is 13.2 Å². The zero-order valence-electron chi connectivity index (χ0n) is 11.0. The third kappa shape index (κ3) is 4.73. The van der Waals surface area contributed by atoms with Crippen LogP contribution in [0.4, 0.5) is 0 Å². The first-order valence-electron chi connectivity index (χ1n) is 6.42. The minimum absolute atomic E-state index is 0.343. The number of rotatable bonds is 4. The summed E-state index contributed by atoms with van der Waals surface area (Å²) in [5.41, 5.74) is 1.79. The van der Waals surface area contributed by atoms with Gasteiger partial charge in [0.05, 0.1) is 13.2 Å². The summed E-state index contributed by atoms with van der Waals surface area (Å²) in [5, 5.41) is 0. The van der Waals surface area contributed by atoms with Crippen LogP contribution in [0.15, 0.2) is 23.3 Å². The Balaban J connectivity index is 2.79. The summed E-state index contributed by atoms with van der Waals surface area (Å²) in [7, 11) is 0. The highest BCUT2D eigenvalue weighted by Crippen LogP contribution is 2.28. The Labute approximate surface area is 108 Å². The third-order valence-electron chi connectivity index (χ3n) is 2.71. The van der Waals surface area contributed by atoms with Crippen LogP contribution in [0.25, 0.3) is 0 Å². The monoisotopic (exact) mass is 252 g/mol. The highest BCUT2D eigenvalue weighted by Gasteiger charge is 2.15. The molecule has 18 heavy (non-hydrogen) atoms. The quantitative estimate of drug-likeness (QED) is 0.570. The number of carbonyl (C=O) groups excluding carboxylic acids is 2. The van der Waals surface area contributed by atoms with E-state index >= 15 is 0 Å². The molecule has 100 valence electrons. The average Bonchev–Trinajstić information content (AvgIpc) is 2.32. The second kappa shape index (κ2) is 7.69. The van der Waals surface area contributed by atoms with Crippen molar-refractivity contribution in [1.29, 1.82) is 0 Å². The topological polar surface area (TPSA) is 52.6 Å². The standard InChI is InChI=1S/C14H20O4/c1-3-17-13(15)9-11-7-5-6-8-12(11)10-14(16)18-4-2/h9-10H,3-8H2,1-2H3. The van der Waals surface area contributed by atoms with Gasteiger partial charge < -0.3 is 9.47 Å². The van der Waals surface area contributed by atoms with Crippen molar-refractivity contribution in [3.05, 3.63) is 23.3 Å². The Kier molecular flexibility index (Phi) is 6.19. The molecule has 0 radical (unpaired) electrons. The van der Waals surface area contributed by atoms with E-state index in [1.807, 2.05) is 0 Å². The van der Waals surface area contributed by atoms with Gasteiger partial charge in [-0.2, -0.15) is 0 Å². The van der Waals surface area contributed by atoms with E-state index in [1.54, 1.807) is 13.8 Å². The highest BCUT2D eigenvalue weighted by molar-refractivity contribution is 5.87. The number of allylic oxidation sites excluding steroid dienone is 2. The first kappa shape index (κ1) is 14.5. The number of hydrogen-bond acceptors (Lipinski definition) is 4. The zero-order chi connectivity index (χ0) is 13.4. The van der Waals surface area contributed by atoms with Gasteiger partial charge in [-0.15, -0.1) is 0 Å². The maximum absolute atomic E-state index is 11.4. The smallest absolute Gasteiger partial charge is 0.331 e. The molecular formula is C14H20O4. The summed E-state index contributed by atoms with van der Waals surface area (Å²) in [6, 6.07) is 0. The molecular weight excluding hydrogens is 232 g/mol. The van der Waals surface area contributed by atoms with E-state index in [1.165, 1.54) is 12.2 Å². The molecule has 1 aliphatic rings. The zero-order valence-corrected chi connectivity index (χ0v) is 11.0. The fraction of sp³-hybridized carbons (Fsp3) is 0.571. The van der Waals surface area contributed by atoms with Crippen molar-refractivity contribution in [3.63, 3.8) is 0 Å². The molecule has 0 aromatic carbocycles. The van der Waals surface area contributed by atoms with Gasteiger partial charge in [0.2, 0.25) is 0 Å². The molecule has 1 saturated carbocycles. The number of hydrogen-bond donors (Lipinski definition) is 0. The number of carbonyl (C=O) groups is 2. The van der Waals surface area contributed by atoms with E-state index < -0.39 is 0 Å². The van der Waals surface area contributed by atoms with Crippen LogP contribution in [-0.4, -0.2) is 25.2 Å². The van der Waals surface area contributed by atoms with Crippen LogP contribution in [0.1, 0.15) is 39.5 Å². The van der Waals surface area contributed by atoms with Crippen LogP contribution in [0.5, 0.6) is 0 Å². The van der Waals surface area contributed by atoms with Crippen molar-refractivity contribution in [1.82, 2.24) is 0 Å². The summed E-state index contributed by atoms with van der Waals surface area (Å²) in [6.45, 7) is 4.26. The molecule has 1 fully saturated rings. The molecule has 0 amide bonds. The van der Waals surface area contributed by atoms with E-state index in [4.69, 9.17) is 9.47 Å². The molecule has 0 atom stereocenters. The molecule has 4 nitrogen and oxygen atoms in total. The molecule has 0 aromatic rings. The highest BCUT2D eigenvalue weighted by atomic mass is 16.5. The van der Waals surface area contributed by atoms with Crippen molar-refractivity contribution in [3.8, 4) is 0 Å². The lowest BCUT2D eigenvalue weighted by atomic mass is 9.89. The van der Waals surface area contributed by atoms with E-state index in [0.717, 1.165) is 36.8 Å². The van der Waals surface area contributed by atoms with Crippen molar-refractivity contribution in [2.75, 3.05) is 13.2 Å². The molecule has 0 unspecified atom stereocenters. The Morgan fingerprint density at radius 3 is 1.67 bits per heavy atom. The summed E-state index contributed by atoms with van der Waals surface area (Å²) in [5.74, 6) is -0.687. The molecule has 0 bridgehead atoms. The van der Waals surface area contributed by atoms with Crippen LogP contribution in [-0.2, 0) is 19.1 Å². The summed E-state index contributed by atoms with van der Waals surface area (Å²) >= 11 is 0. The normalized spacial score (nSPS) is 19.9. The van der Waals surface area contributed by atoms with Crippen molar-refractivity contribution >= 4 is 11.9 Å². The predicted octanol–water partition coefficient (Wildman–Crippen LogP) is 2.54. The first-order chi connectivity index (χ1) is 8.67. The Bertz CT molecular complexity index is 330. The maximum atomic E-state index is 11.4. The van der Waals surface area contributed by atoms with E-state index in [-0.39, 0.29) is 11.9 Å². The lowest BCUT2D eigenvalue weighted by Gasteiger charge is -2.17. The molecule has 0 aromatic heterocycles. The van der Waals surface area contributed by atoms with Gasteiger partial charge in [0.15, 0.2) is 0 Å². The van der Waals surface area contributed by atoms with Gasteiger partial charge in [0.1, 0.15) is 0 Å². The Morgan fingerprint density at radius 2 is 1.33 bits per heavy atom. The SMILES string of the molecule is CCOC(=O)C=C1CCCCC1=CC(=O)OCC. The second-order valence-corrected chi connectivity index (χ2v) is 4.05. The van der Waals surface area contributed by atoms with Crippen LogP contribution in [0.2, 0.25) is 0 Å². The third-order valence-corrected chi connectivity index (χ3v) is 2.71. The Morgan fingerprint density at radius 1 is 0.944 bits per heavy atom. The lowest BCUT2D eigenvalue weighted by Crippen LogP contribution is -2.08. The fourth-order valence-electron chi connectivity index (χ4n) is 1.93.